The van der Waals surface area contributed by atoms with Gasteiger partial charge in [-0.05, 0) is 56.9 Å². The molecule has 0 bridgehead atoms. The van der Waals surface area contributed by atoms with Gasteiger partial charge in [-0.1, -0.05) is 12.1 Å². The monoisotopic (exact) mass is 343 g/mol. The van der Waals surface area contributed by atoms with E-state index in [0.717, 1.165) is 36.3 Å². The number of hydrogen-bond acceptors (Lipinski definition) is 2. The van der Waals surface area contributed by atoms with Crippen molar-refractivity contribution in [1.29, 1.82) is 0 Å². The Morgan fingerprint density at radius 1 is 1.28 bits per heavy atom. The molecule has 25 heavy (non-hydrogen) atoms. The first kappa shape index (κ1) is 17.6. The van der Waals surface area contributed by atoms with Crippen molar-refractivity contribution in [3.8, 4) is 0 Å². The number of aryl methyl sites for hydroxylation is 2. The lowest BCUT2D eigenvalue weighted by atomic mass is 9.97. The molecule has 1 fully saturated rings. The van der Waals surface area contributed by atoms with E-state index < -0.39 is 0 Å². The Morgan fingerprint density at radius 3 is 2.56 bits per heavy atom. The number of amides is 1. The number of carbonyl (C=O) groups excluding carboxylic acids is 1. The maximum absolute atomic E-state index is 13.1. The highest BCUT2D eigenvalue weighted by atomic mass is 19.1. The number of nitrogens with zero attached hydrogens (tertiary/aromatic N) is 3. The van der Waals surface area contributed by atoms with Crippen molar-refractivity contribution in [3.05, 3.63) is 52.6 Å². The van der Waals surface area contributed by atoms with Crippen molar-refractivity contribution in [2.24, 2.45) is 7.05 Å². The van der Waals surface area contributed by atoms with Crippen LogP contribution in [0.25, 0.3) is 0 Å². The molecule has 134 valence electrons. The average Bonchev–Trinajstić information content (AvgIpc) is 3.07. The lowest BCUT2D eigenvalue weighted by molar-refractivity contribution is -0.131. The van der Waals surface area contributed by atoms with Crippen molar-refractivity contribution in [3.63, 3.8) is 0 Å². The summed E-state index contributed by atoms with van der Waals surface area (Å²) in [7, 11) is 1.93. The van der Waals surface area contributed by atoms with E-state index in [1.807, 2.05) is 42.6 Å². The molecule has 1 saturated heterocycles. The zero-order valence-electron chi connectivity index (χ0n) is 15.4. The summed E-state index contributed by atoms with van der Waals surface area (Å²) in [6.07, 6.45) is 2.17. The Hall–Kier alpha value is -2.17. The summed E-state index contributed by atoms with van der Waals surface area (Å²) in [5, 5.41) is 4.42. The summed E-state index contributed by atoms with van der Waals surface area (Å²) in [5.41, 5.74) is 4.43. The van der Waals surface area contributed by atoms with Gasteiger partial charge in [-0.3, -0.25) is 9.48 Å². The van der Waals surface area contributed by atoms with Crippen LogP contribution in [-0.2, 0) is 18.3 Å². The number of rotatable bonds is 4. The standard InChI is InChI=1S/C20H26FN3O/c1-13-11-17(16-5-7-18(21)8-6-16)12-24(13)20(25)10-9-19-14(2)22-23(4)15(19)3/h5-8,13,17H,9-12H2,1-4H3. The molecule has 2 unspecified atom stereocenters. The largest absolute Gasteiger partial charge is 0.339 e. The molecule has 1 aromatic heterocycles. The van der Waals surface area contributed by atoms with Crippen molar-refractivity contribution in [1.82, 2.24) is 14.7 Å². The van der Waals surface area contributed by atoms with Crippen LogP contribution in [0.3, 0.4) is 0 Å². The zero-order valence-corrected chi connectivity index (χ0v) is 15.4. The predicted molar refractivity (Wildman–Crippen MR) is 95.9 cm³/mol. The average molecular weight is 343 g/mol. The number of benzene rings is 1. The number of hydrogen-bond donors (Lipinski definition) is 0. The molecule has 0 N–H and O–H groups in total. The molecule has 1 aliphatic rings. The Morgan fingerprint density at radius 2 is 1.96 bits per heavy atom. The Kier molecular flexibility index (Phi) is 4.93. The minimum atomic E-state index is -0.218. The number of halogens is 1. The molecule has 0 saturated carbocycles. The van der Waals surface area contributed by atoms with Crippen LogP contribution in [0, 0.1) is 19.7 Å². The molecule has 2 heterocycles. The van der Waals surface area contributed by atoms with Gasteiger partial charge in [0.2, 0.25) is 5.91 Å². The van der Waals surface area contributed by atoms with Crippen LogP contribution in [0.2, 0.25) is 0 Å². The van der Waals surface area contributed by atoms with E-state index in [1.165, 1.54) is 17.7 Å². The van der Waals surface area contributed by atoms with E-state index in [4.69, 9.17) is 0 Å². The first-order valence-electron chi connectivity index (χ1n) is 8.90. The van der Waals surface area contributed by atoms with Gasteiger partial charge in [-0.25, -0.2) is 4.39 Å². The minimum absolute atomic E-state index is 0.194. The van der Waals surface area contributed by atoms with E-state index in [2.05, 4.69) is 12.0 Å². The molecular weight excluding hydrogens is 317 g/mol. The highest BCUT2D eigenvalue weighted by Crippen LogP contribution is 2.32. The van der Waals surface area contributed by atoms with Gasteiger partial charge in [-0.2, -0.15) is 5.10 Å². The van der Waals surface area contributed by atoms with Gasteiger partial charge in [0.05, 0.1) is 5.69 Å². The molecular formula is C20H26FN3O. The lowest BCUT2D eigenvalue weighted by Crippen LogP contribution is -2.34. The smallest absolute Gasteiger partial charge is 0.223 e. The maximum atomic E-state index is 13.1. The zero-order chi connectivity index (χ0) is 18.1. The van der Waals surface area contributed by atoms with E-state index >= 15 is 0 Å². The molecule has 0 spiro atoms. The highest BCUT2D eigenvalue weighted by Gasteiger charge is 2.33. The number of aromatic nitrogens is 2. The second-order valence-electron chi connectivity index (χ2n) is 7.15. The fourth-order valence-corrected chi connectivity index (χ4v) is 3.91. The third-order valence-electron chi connectivity index (χ3n) is 5.48. The van der Waals surface area contributed by atoms with Crippen molar-refractivity contribution < 1.29 is 9.18 Å². The van der Waals surface area contributed by atoms with Crippen LogP contribution >= 0.6 is 0 Å². The van der Waals surface area contributed by atoms with Gasteiger partial charge >= 0.3 is 0 Å². The Bertz CT molecular complexity index is 766. The molecule has 2 atom stereocenters. The first-order valence-corrected chi connectivity index (χ1v) is 8.90. The molecule has 1 amide bonds. The molecule has 2 aromatic rings. The molecule has 1 aliphatic heterocycles. The van der Waals surface area contributed by atoms with Gasteiger partial charge in [0.15, 0.2) is 0 Å². The summed E-state index contributed by atoms with van der Waals surface area (Å²) in [6, 6.07) is 6.89. The number of carbonyl (C=O) groups is 1. The van der Waals surface area contributed by atoms with Gasteiger partial charge in [0.1, 0.15) is 5.82 Å². The van der Waals surface area contributed by atoms with E-state index in [0.29, 0.717) is 12.3 Å². The van der Waals surface area contributed by atoms with Crippen LogP contribution < -0.4 is 0 Å². The predicted octanol–water partition coefficient (Wildman–Crippen LogP) is 3.51. The van der Waals surface area contributed by atoms with Crippen molar-refractivity contribution in [2.75, 3.05) is 6.54 Å². The minimum Gasteiger partial charge on any atom is -0.339 e. The van der Waals surface area contributed by atoms with Gasteiger partial charge in [0, 0.05) is 37.7 Å². The Labute approximate surface area is 148 Å². The summed E-state index contributed by atoms with van der Waals surface area (Å²) >= 11 is 0. The van der Waals surface area contributed by atoms with Crippen LogP contribution in [0.15, 0.2) is 24.3 Å². The van der Waals surface area contributed by atoms with Gasteiger partial charge in [0.25, 0.3) is 0 Å². The highest BCUT2D eigenvalue weighted by molar-refractivity contribution is 5.77. The van der Waals surface area contributed by atoms with E-state index in [-0.39, 0.29) is 17.8 Å². The Balaban J connectivity index is 1.63. The molecule has 5 heteroatoms. The summed E-state index contributed by atoms with van der Waals surface area (Å²) in [6.45, 7) is 6.86. The second kappa shape index (κ2) is 6.98. The summed E-state index contributed by atoms with van der Waals surface area (Å²) in [5.74, 6) is 0.270. The molecule has 1 aromatic carbocycles. The SMILES string of the molecule is Cc1nn(C)c(C)c1CCC(=O)N1CC(c2ccc(F)cc2)CC1C. The van der Waals surface area contributed by atoms with Crippen LogP contribution in [0.5, 0.6) is 0 Å². The maximum Gasteiger partial charge on any atom is 0.223 e. The summed E-state index contributed by atoms with van der Waals surface area (Å²) in [4.78, 5) is 14.7. The first-order chi connectivity index (χ1) is 11.9. The second-order valence-corrected chi connectivity index (χ2v) is 7.15. The van der Waals surface area contributed by atoms with Crippen LogP contribution in [0.4, 0.5) is 4.39 Å². The fourth-order valence-electron chi connectivity index (χ4n) is 3.91. The van der Waals surface area contributed by atoms with Gasteiger partial charge < -0.3 is 4.90 Å². The molecule has 4 nitrogen and oxygen atoms in total. The lowest BCUT2D eigenvalue weighted by Gasteiger charge is -2.21. The topological polar surface area (TPSA) is 38.1 Å². The van der Waals surface area contributed by atoms with Crippen LogP contribution in [-0.4, -0.2) is 33.2 Å². The van der Waals surface area contributed by atoms with E-state index in [1.54, 1.807) is 0 Å². The third-order valence-corrected chi connectivity index (χ3v) is 5.48. The number of likely N-dealkylation sites (tertiary alicyclic amines) is 1. The van der Waals surface area contributed by atoms with Gasteiger partial charge in [-0.15, -0.1) is 0 Å². The molecule has 0 radical (unpaired) electrons. The van der Waals surface area contributed by atoms with Crippen molar-refractivity contribution in [2.45, 2.75) is 52.0 Å². The molecule has 0 aliphatic carbocycles. The molecule has 3 rings (SSSR count). The van der Waals surface area contributed by atoms with E-state index in [9.17, 15) is 9.18 Å². The van der Waals surface area contributed by atoms with Crippen molar-refractivity contribution >= 4 is 5.91 Å². The third kappa shape index (κ3) is 3.60. The summed E-state index contributed by atoms with van der Waals surface area (Å²) < 4.78 is 15.0. The fraction of sp³-hybridized carbons (Fsp3) is 0.500. The normalized spacial score (nSPS) is 20.3. The van der Waals surface area contributed by atoms with Crippen LogP contribution in [0.1, 0.15) is 48.2 Å². The quantitative estimate of drug-likeness (QED) is 0.852.